The Bertz CT molecular complexity index is 1190. The molecule has 7 heteroatoms. The minimum atomic E-state index is -0.243. The Hall–Kier alpha value is -2.77. The summed E-state index contributed by atoms with van der Waals surface area (Å²) in [6.07, 6.45) is 5.40. The van der Waals surface area contributed by atoms with Gasteiger partial charge in [0.1, 0.15) is 11.3 Å². The van der Waals surface area contributed by atoms with Gasteiger partial charge in [-0.25, -0.2) is 9.37 Å². The third kappa shape index (κ3) is 4.25. The second kappa shape index (κ2) is 9.36. The predicted molar refractivity (Wildman–Crippen MR) is 132 cm³/mol. The molecule has 0 radical (unpaired) electrons. The normalized spacial score (nSPS) is 25.5. The average Bonchev–Trinajstić information content (AvgIpc) is 3.28. The first-order valence-electron chi connectivity index (χ1n) is 12.9. The van der Waals surface area contributed by atoms with Gasteiger partial charge in [0, 0.05) is 24.7 Å². The zero-order chi connectivity index (χ0) is 23.9. The molecule has 1 aromatic heterocycles. The predicted octanol–water partition coefficient (Wildman–Crippen LogP) is 4.55. The quantitative estimate of drug-likeness (QED) is 0.544. The van der Waals surface area contributed by atoms with Crippen LogP contribution in [0.4, 0.5) is 4.39 Å². The number of ether oxygens (including phenoxy) is 1. The van der Waals surface area contributed by atoms with Crippen LogP contribution in [0.25, 0.3) is 11.0 Å². The van der Waals surface area contributed by atoms with Crippen molar-refractivity contribution in [3.05, 3.63) is 65.7 Å². The van der Waals surface area contributed by atoms with Gasteiger partial charge in [0.05, 0.1) is 30.7 Å². The van der Waals surface area contributed by atoms with Crippen LogP contribution < -0.4 is 5.32 Å². The zero-order valence-electron chi connectivity index (χ0n) is 20.2. The van der Waals surface area contributed by atoms with Gasteiger partial charge in [-0.3, -0.25) is 9.69 Å². The van der Waals surface area contributed by atoms with Gasteiger partial charge in [-0.1, -0.05) is 36.4 Å². The molecule has 35 heavy (non-hydrogen) atoms. The fourth-order valence-corrected chi connectivity index (χ4v) is 6.44. The van der Waals surface area contributed by atoms with Crippen molar-refractivity contribution >= 4 is 16.9 Å². The zero-order valence-corrected chi connectivity index (χ0v) is 20.2. The van der Waals surface area contributed by atoms with E-state index >= 15 is 0 Å². The first kappa shape index (κ1) is 22.7. The van der Waals surface area contributed by atoms with Crippen molar-refractivity contribution in [3.8, 4) is 0 Å². The van der Waals surface area contributed by atoms with E-state index in [1.165, 1.54) is 18.9 Å². The largest absolute Gasteiger partial charge is 0.380 e. The summed E-state index contributed by atoms with van der Waals surface area (Å²) < 4.78 is 21.8. The molecular weight excluding hydrogens is 443 g/mol. The molecule has 3 aromatic rings. The van der Waals surface area contributed by atoms with Crippen LogP contribution in [0.3, 0.4) is 0 Å². The van der Waals surface area contributed by atoms with Crippen LogP contribution in [-0.4, -0.2) is 52.2 Å². The van der Waals surface area contributed by atoms with E-state index < -0.39 is 0 Å². The molecule has 0 spiro atoms. The topological polar surface area (TPSA) is 59.4 Å². The number of halogens is 1. The molecule has 6 nitrogen and oxygen atoms in total. The molecule has 3 saturated heterocycles. The van der Waals surface area contributed by atoms with E-state index in [0.717, 1.165) is 42.7 Å². The van der Waals surface area contributed by atoms with Crippen molar-refractivity contribution in [2.75, 3.05) is 19.8 Å². The summed E-state index contributed by atoms with van der Waals surface area (Å²) in [5.74, 6) is 0.731. The number of piperidine rings is 1. The minimum Gasteiger partial charge on any atom is -0.380 e. The van der Waals surface area contributed by atoms with Gasteiger partial charge >= 0.3 is 0 Å². The number of nitrogens with one attached hydrogen (secondary N) is 1. The molecule has 0 saturated carbocycles. The van der Waals surface area contributed by atoms with Crippen LogP contribution >= 0.6 is 0 Å². The number of hydrogen-bond acceptors (Lipinski definition) is 4. The molecule has 2 aromatic carbocycles. The van der Waals surface area contributed by atoms with Crippen LogP contribution in [0.1, 0.15) is 55.6 Å². The number of aryl methyl sites for hydroxylation is 1. The molecule has 6 rings (SSSR count). The fourth-order valence-electron chi connectivity index (χ4n) is 6.44. The molecule has 3 fully saturated rings. The van der Waals surface area contributed by atoms with E-state index in [1.807, 2.05) is 31.2 Å². The van der Waals surface area contributed by atoms with Gasteiger partial charge in [0.25, 0.3) is 0 Å². The Morgan fingerprint density at radius 1 is 1.09 bits per heavy atom. The van der Waals surface area contributed by atoms with Crippen LogP contribution in [0.2, 0.25) is 0 Å². The number of benzene rings is 2. The van der Waals surface area contributed by atoms with E-state index in [4.69, 9.17) is 4.74 Å². The highest BCUT2D eigenvalue weighted by Crippen LogP contribution is 2.42. The molecule has 3 aliphatic rings. The fraction of sp³-hybridized carbons (Fsp3) is 0.500. The van der Waals surface area contributed by atoms with Gasteiger partial charge in [-0.05, 0) is 56.7 Å². The van der Waals surface area contributed by atoms with Gasteiger partial charge < -0.3 is 14.6 Å². The maximum absolute atomic E-state index is 14.3. The van der Waals surface area contributed by atoms with Crippen molar-refractivity contribution < 1.29 is 13.9 Å². The number of para-hydroxylation sites is 1. The molecule has 4 heterocycles. The standard InChI is InChI=1S/C28H33FN4O2/c1-18-30-27-24(29)8-5-9-26(27)33(18)23-14-21-10-11-22(15-23)32(21)13-12-25(19-6-3-2-4-7-19)31-28(34)20-16-35-17-20/h2-9,20-23,25H,10-17H2,1H3,(H,31,34)/t21-,22+,23-,25-/m0/s1. The number of aromatic nitrogens is 2. The minimum absolute atomic E-state index is 0.00392. The summed E-state index contributed by atoms with van der Waals surface area (Å²) in [5, 5.41) is 3.30. The average molecular weight is 477 g/mol. The molecule has 0 unspecified atom stereocenters. The van der Waals surface area contributed by atoms with E-state index in [9.17, 15) is 9.18 Å². The Morgan fingerprint density at radius 2 is 1.83 bits per heavy atom. The molecule has 184 valence electrons. The number of nitrogens with zero attached hydrogens (tertiary/aromatic N) is 3. The van der Waals surface area contributed by atoms with E-state index in [0.29, 0.717) is 36.9 Å². The Kier molecular flexibility index (Phi) is 6.06. The number of amides is 1. The molecule has 3 aliphatic heterocycles. The van der Waals surface area contributed by atoms with Gasteiger partial charge in [-0.2, -0.15) is 0 Å². The van der Waals surface area contributed by atoms with Crippen molar-refractivity contribution in [3.63, 3.8) is 0 Å². The number of rotatable bonds is 7. The lowest BCUT2D eigenvalue weighted by molar-refractivity contribution is -0.139. The lowest BCUT2D eigenvalue weighted by Gasteiger charge is -2.40. The van der Waals surface area contributed by atoms with E-state index in [2.05, 4.69) is 31.9 Å². The number of imidazole rings is 1. The first-order valence-corrected chi connectivity index (χ1v) is 12.9. The monoisotopic (exact) mass is 476 g/mol. The Labute approximate surface area is 205 Å². The number of carbonyl (C=O) groups is 1. The molecule has 2 bridgehead atoms. The second-order valence-corrected chi connectivity index (χ2v) is 10.4. The van der Waals surface area contributed by atoms with Gasteiger partial charge in [0.2, 0.25) is 5.91 Å². The first-order chi connectivity index (χ1) is 17.1. The van der Waals surface area contributed by atoms with E-state index in [1.54, 1.807) is 6.07 Å². The maximum Gasteiger partial charge on any atom is 0.228 e. The van der Waals surface area contributed by atoms with Crippen LogP contribution in [-0.2, 0) is 9.53 Å². The summed E-state index contributed by atoms with van der Waals surface area (Å²) in [6, 6.07) is 16.9. The summed E-state index contributed by atoms with van der Waals surface area (Å²) in [5.41, 5.74) is 2.55. The molecular formula is C28H33FN4O2. The molecule has 4 atom stereocenters. The van der Waals surface area contributed by atoms with Crippen LogP contribution in [0.15, 0.2) is 48.5 Å². The maximum atomic E-state index is 14.3. The highest BCUT2D eigenvalue weighted by Gasteiger charge is 2.42. The smallest absolute Gasteiger partial charge is 0.228 e. The summed E-state index contributed by atoms with van der Waals surface area (Å²) in [6.45, 7) is 4.00. The molecule has 1 N–H and O–H groups in total. The second-order valence-electron chi connectivity index (χ2n) is 10.4. The number of hydrogen-bond donors (Lipinski definition) is 1. The summed E-state index contributed by atoms with van der Waals surface area (Å²) in [4.78, 5) is 19.9. The van der Waals surface area contributed by atoms with E-state index in [-0.39, 0.29) is 23.7 Å². The van der Waals surface area contributed by atoms with Crippen molar-refractivity contribution in [1.29, 1.82) is 0 Å². The highest BCUT2D eigenvalue weighted by atomic mass is 19.1. The Balaban J connectivity index is 1.16. The van der Waals surface area contributed by atoms with Crippen molar-refractivity contribution in [2.45, 2.75) is 63.2 Å². The van der Waals surface area contributed by atoms with Gasteiger partial charge in [0.15, 0.2) is 5.82 Å². The summed E-state index contributed by atoms with van der Waals surface area (Å²) >= 11 is 0. The highest BCUT2D eigenvalue weighted by molar-refractivity contribution is 5.80. The number of fused-ring (bicyclic) bond motifs is 3. The molecule has 0 aliphatic carbocycles. The van der Waals surface area contributed by atoms with Crippen molar-refractivity contribution in [2.24, 2.45) is 5.92 Å². The Morgan fingerprint density at radius 3 is 2.51 bits per heavy atom. The number of carbonyl (C=O) groups excluding carboxylic acids is 1. The lowest BCUT2D eigenvalue weighted by Crippen LogP contribution is -2.46. The van der Waals surface area contributed by atoms with Crippen LogP contribution in [0.5, 0.6) is 0 Å². The van der Waals surface area contributed by atoms with Crippen molar-refractivity contribution in [1.82, 2.24) is 19.8 Å². The summed E-state index contributed by atoms with van der Waals surface area (Å²) in [7, 11) is 0. The molecule has 1 amide bonds. The van der Waals surface area contributed by atoms with Crippen LogP contribution in [0, 0.1) is 18.7 Å². The SMILES string of the molecule is Cc1nc2c(F)cccc2n1[C@@H]1C[C@H]2CC[C@@H](C1)N2CC[C@H](NC(=O)C1COC1)c1ccccc1. The lowest BCUT2D eigenvalue weighted by atomic mass is 9.95. The third-order valence-electron chi connectivity index (χ3n) is 8.28. The van der Waals surface area contributed by atoms with Gasteiger partial charge in [-0.15, -0.1) is 0 Å². The third-order valence-corrected chi connectivity index (χ3v) is 8.28.